The van der Waals surface area contributed by atoms with Gasteiger partial charge in [-0.05, 0) is 42.5 Å². The molecule has 0 unspecified atom stereocenters. The first-order valence-corrected chi connectivity index (χ1v) is 11.1. The highest BCUT2D eigenvalue weighted by Crippen LogP contribution is 2.30. The lowest BCUT2D eigenvalue weighted by Gasteiger charge is -2.00. The van der Waals surface area contributed by atoms with E-state index >= 15 is 0 Å². The first-order valence-electron chi connectivity index (χ1n) is 10.3. The average Bonchev–Trinajstić information content (AvgIpc) is 3.52. The molecular formula is C27H17FN4S. The van der Waals surface area contributed by atoms with Crippen molar-refractivity contribution >= 4 is 23.0 Å². The Hall–Kier alpha value is -4.34. The van der Waals surface area contributed by atoms with Crippen molar-refractivity contribution in [1.29, 1.82) is 5.26 Å². The first-order chi connectivity index (χ1) is 16.2. The topological polar surface area (TPSA) is 54.5 Å². The molecule has 3 aromatic carbocycles. The molecule has 0 bridgehead atoms. The van der Waals surface area contributed by atoms with Crippen LogP contribution in [-0.4, -0.2) is 14.8 Å². The Kier molecular flexibility index (Phi) is 5.62. The second-order valence-electron chi connectivity index (χ2n) is 7.29. The number of hydrogen-bond acceptors (Lipinski definition) is 4. The van der Waals surface area contributed by atoms with Crippen LogP contribution in [-0.2, 0) is 0 Å². The molecule has 2 heterocycles. The molecule has 4 nitrogen and oxygen atoms in total. The second-order valence-corrected chi connectivity index (χ2v) is 8.15. The molecule has 0 fully saturated rings. The molecule has 0 radical (unpaired) electrons. The zero-order chi connectivity index (χ0) is 22.6. The summed E-state index contributed by atoms with van der Waals surface area (Å²) in [5.74, 6) is -0.296. The van der Waals surface area contributed by atoms with Gasteiger partial charge in [-0.15, -0.1) is 11.3 Å². The van der Waals surface area contributed by atoms with Gasteiger partial charge in [-0.3, -0.25) is 0 Å². The minimum atomic E-state index is -0.296. The molecule has 0 aliphatic rings. The minimum absolute atomic E-state index is 0.296. The highest BCUT2D eigenvalue weighted by Gasteiger charge is 2.14. The zero-order valence-electron chi connectivity index (χ0n) is 17.4. The lowest BCUT2D eigenvalue weighted by atomic mass is 10.1. The summed E-state index contributed by atoms with van der Waals surface area (Å²) in [6, 6.07) is 28.2. The van der Waals surface area contributed by atoms with Gasteiger partial charge in [0.05, 0.1) is 22.6 Å². The summed E-state index contributed by atoms with van der Waals surface area (Å²) < 4.78 is 15.1. The van der Waals surface area contributed by atoms with Gasteiger partial charge in [-0.25, -0.2) is 14.1 Å². The fourth-order valence-corrected chi connectivity index (χ4v) is 4.27. The number of nitrogens with zero attached hydrogens (tertiary/aromatic N) is 4. The Balaban J connectivity index is 1.58. The van der Waals surface area contributed by atoms with Crippen LogP contribution in [0.1, 0.15) is 10.6 Å². The highest BCUT2D eigenvalue weighted by molar-refractivity contribution is 7.11. The quantitative estimate of drug-likeness (QED) is 0.276. The van der Waals surface area contributed by atoms with E-state index in [-0.39, 0.29) is 5.82 Å². The van der Waals surface area contributed by atoms with Gasteiger partial charge in [0.2, 0.25) is 0 Å². The van der Waals surface area contributed by atoms with Crippen LogP contribution in [0, 0.1) is 17.1 Å². The van der Waals surface area contributed by atoms with Crippen molar-refractivity contribution in [3.63, 3.8) is 0 Å². The van der Waals surface area contributed by atoms with E-state index in [1.165, 1.54) is 23.5 Å². The summed E-state index contributed by atoms with van der Waals surface area (Å²) in [6.07, 6.45) is 3.74. The normalized spacial score (nSPS) is 11.3. The lowest BCUT2D eigenvalue weighted by Crippen LogP contribution is -1.93. The summed E-state index contributed by atoms with van der Waals surface area (Å²) in [4.78, 5) is 4.62. The van der Waals surface area contributed by atoms with E-state index in [1.807, 2.05) is 83.0 Å². The molecule has 2 aromatic heterocycles. The van der Waals surface area contributed by atoms with Gasteiger partial charge in [0, 0.05) is 28.3 Å². The Morgan fingerprint density at radius 2 is 1.61 bits per heavy atom. The van der Waals surface area contributed by atoms with Crippen LogP contribution >= 0.6 is 11.3 Å². The van der Waals surface area contributed by atoms with Gasteiger partial charge < -0.3 is 0 Å². The maximum Gasteiger partial charge on any atom is 0.134 e. The van der Waals surface area contributed by atoms with E-state index in [2.05, 4.69) is 11.1 Å². The smallest absolute Gasteiger partial charge is 0.134 e. The second kappa shape index (κ2) is 9.03. The van der Waals surface area contributed by atoms with Crippen molar-refractivity contribution in [1.82, 2.24) is 14.8 Å². The van der Waals surface area contributed by atoms with Gasteiger partial charge in [0.25, 0.3) is 0 Å². The van der Waals surface area contributed by atoms with Crippen molar-refractivity contribution < 1.29 is 4.39 Å². The number of allylic oxidation sites excluding steroid dienone is 1. The minimum Gasteiger partial charge on any atom is -0.240 e. The highest BCUT2D eigenvalue weighted by atomic mass is 32.1. The van der Waals surface area contributed by atoms with E-state index in [4.69, 9.17) is 5.10 Å². The molecule has 0 atom stereocenters. The lowest BCUT2D eigenvalue weighted by molar-refractivity contribution is 0.628. The third kappa shape index (κ3) is 4.36. The number of para-hydroxylation sites is 1. The van der Waals surface area contributed by atoms with Crippen LogP contribution in [0.15, 0.2) is 96.5 Å². The average molecular weight is 449 g/mol. The summed E-state index contributed by atoms with van der Waals surface area (Å²) >= 11 is 1.38. The molecule has 0 saturated heterocycles. The predicted octanol–water partition coefficient (Wildman–Crippen LogP) is 6.87. The van der Waals surface area contributed by atoms with Crippen LogP contribution in [0.5, 0.6) is 0 Å². The molecule has 0 amide bonds. The first kappa shape index (κ1) is 20.6. The van der Waals surface area contributed by atoms with E-state index < -0.39 is 0 Å². The Morgan fingerprint density at radius 1 is 0.909 bits per heavy atom. The standard InChI is InChI=1S/C27H17FN4S/c28-23-13-11-19(12-14-23)25-18-33-27(30-25)21(16-29)15-22-17-32(24-9-5-2-6-10-24)31-26(22)20-7-3-1-4-8-20/h1-15,17-18H/b21-15+. The molecule has 6 heteroatoms. The molecule has 158 valence electrons. The number of benzene rings is 3. The molecule has 5 rings (SSSR count). The molecule has 0 aliphatic carbocycles. The Labute approximate surface area is 194 Å². The van der Waals surface area contributed by atoms with Crippen molar-refractivity contribution in [2.24, 2.45) is 0 Å². The number of hydrogen-bond donors (Lipinski definition) is 0. The molecular weight excluding hydrogens is 431 g/mol. The third-order valence-electron chi connectivity index (χ3n) is 5.11. The van der Waals surface area contributed by atoms with E-state index in [1.54, 1.807) is 12.1 Å². The zero-order valence-corrected chi connectivity index (χ0v) is 18.2. The van der Waals surface area contributed by atoms with Crippen molar-refractivity contribution in [3.05, 3.63) is 113 Å². The van der Waals surface area contributed by atoms with Crippen LogP contribution in [0.3, 0.4) is 0 Å². The fourth-order valence-electron chi connectivity index (χ4n) is 3.47. The van der Waals surface area contributed by atoms with E-state index in [9.17, 15) is 9.65 Å². The van der Waals surface area contributed by atoms with E-state index in [0.717, 1.165) is 28.1 Å². The van der Waals surface area contributed by atoms with Crippen molar-refractivity contribution in [2.45, 2.75) is 0 Å². The van der Waals surface area contributed by atoms with Crippen molar-refractivity contribution in [2.75, 3.05) is 0 Å². The fraction of sp³-hybridized carbons (Fsp3) is 0. The maximum absolute atomic E-state index is 13.3. The van der Waals surface area contributed by atoms with Crippen molar-refractivity contribution in [3.8, 4) is 34.3 Å². The monoisotopic (exact) mass is 448 g/mol. The molecule has 0 saturated carbocycles. The van der Waals surface area contributed by atoms with Gasteiger partial charge in [0.15, 0.2) is 0 Å². The number of thiazole rings is 1. The predicted molar refractivity (Wildman–Crippen MR) is 130 cm³/mol. The molecule has 0 aliphatic heterocycles. The number of rotatable bonds is 5. The number of halogens is 1. The van der Waals surface area contributed by atoms with Crippen LogP contribution in [0.4, 0.5) is 4.39 Å². The summed E-state index contributed by atoms with van der Waals surface area (Å²) in [6.45, 7) is 0. The third-order valence-corrected chi connectivity index (χ3v) is 5.98. The van der Waals surface area contributed by atoms with Gasteiger partial charge in [-0.2, -0.15) is 10.4 Å². The maximum atomic E-state index is 13.3. The Morgan fingerprint density at radius 3 is 2.30 bits per heavy atom. The molecule has 0 spiro atoms. The van der Waals surface area contributed by atoms with Gasteiger partial charge in [0.1, 0.15) is 16.9 Å². The van der Waals surface area contributed by atoms with E-state index in [0.29, 0.717) is 16.3 Å². The van der Waals surface area contributed by atoms with Crippen LogP contribution in [0.2, 0.25) is 0 Å². The molecule has 33 heavy (non-hydrogen) atoms. The largest absolute Gasteiger partial charge is 0.240 e. The number of nitriles is 1. The summed E-state index contributed by atoms with van der Waals surface area (Å²) in [5.41, 5.74) is 5.45. The van der Waals surface area contributed by atoms with Crippen LogP contribution < -0.4 is 0 Å². The van der Waals surface area contributed by atoms with Crippen LogP contribution in [0.25, 0.3) is 39.9 Å². The Bertz CT molecular complexity index is 1460. The van der Waals surface area contributed by atoms with Gasteiger partial charge in [-0.1, -0.05) is 48.5 Å². The summed E-state index contributed by atoms with van der Waals surface area (Å²) in [5, 5.41) is 17.2. The summed E-state index contributed by atoms with van der Waals surface area (Å²) in [7, 11) is 0. The number of aromatic nitrogens is 3. The molecule has 0 N–H and O–H groups in total. The SMILES string of the molecule is N#C/C(=C\c1cn(-c2ccccc2)nc1-c1ccccc1)c1nc(-c2ccc(F)cc2)cs1. The van der Waals surface area contributed by atoms with Gasteiger partial charge >= 0.3 is 0 Å². The molecule has 5 aromatic rings.